The van der Waals surface area contributed by atoms with Gasteiger partial charge in [0.1, 0.15) is 12.1 Å². The number of hydrogen-bond donors (Lipinski definition) is 1. The zero-order chi connectivity index (χ0) is 18.7. The molecular formula is C19H24ClN3O3. The van der Waals surface area contributed by atoms with Crippen LogP contribution in [0.1, 0.15) is 37.7 Å². The maximum Gasteiger partial charge on any atom is 0.327 e. The van der Waals surface area contributed by atoms with E-state index in [1.807, 2.05) is 12.1 Å². The van der Waals surface area contributed by atoms with Gasteiger partial charge >= 0.3 is 6.03 Å². The van der Waals surface area contributed by atoms with Gasteiger partial charge in [0.05, 0.1) is 0 Å². The maximum atomic E-state index is 12.8. The summed E-state index contributed by atoms with van der Waals surface area (Å²) in [5.74, 6) is -0.542. The van der Waals surface area contributed by atoms with Crippen LogP contribution in [0.25, 0.3) is 0 Å². The number of amides is 4. The largest absolute Gasteiger partial charge is 0.354 e. The fourth-order valence-electron chi connectivity index (χ4n) is 3.87. The van der Waals surface area contributed by atoms with E-state index in [9.17, 15) is 14.4 Å². The first-order chi connectivity index (χ1) is 12.4. The van der Waals surface area contributed by atoms with Crippen LogP contribution in [0.15, 0.2) is 24.3 Å². The molecule has 1 N–H and O–H groups in total. The molecule has 7 heteroatoms. The van der Waals surface area contributed by atoms with Crippen molar-refractivity contribution in [3.63, 3.8) is 0 Å². The molecule has 4 amide bonds. The van der Waals surface area contributed by atoms with Gasteiger partial charge in [-0.1, -0.05) is 43.0 Å². The molecule has 6 nitrogen and oxygen atoms in total. The molecule has 1 heterocycles. The van der Waals surface area contributed by atoms with Crippen LogP contribution in [0.5, 0.6) is 0 Å². The van der Waals surface area contributed by atoms with Crippen LogP contribution in [-0.4, -0.2) is 53.3 Å². The minimum absolute atomic E-state index is 0.218. The zero-order valence-electron chi connectivity index (χ0n) is 15.0. The van der Waals surface area contributed by atoms with Crippen molar-refractivity contribution in [2.75, 3.05) is 20.1 Å². The Hall–Kier alpha value is -2.08. The molecule has 0 aromatic heterocycles. The number of imide groups is 1. The number of urea groups is 1. The highest BCUT2D eigenvalue weighted by molar-refractivity contribution is 6.30. The molecule has 1 saturated heterocycles. The van der Waals surface area contributed by atoms with Crippen LogP contribution in [0.2, 0.25) is 5.02 Å². The lowest BCUT2D eigenvalue weighted by molar-refractivity contribution is -0.137. The van der Waals surface area contributed by atoms with Crippen molar-refractivity contribution in [3.8, 4) is 0 Å². The van der Waals surface area contributed by atoms with Gasteiger partial charge in [-0.05, 0) is 37.0 Å². The van der Waals surface area contributed by atoms with Crippen molar-refractivity contribution in [3.05, 3.63) is 34.9 Å². The molecule has 1 aliphatic carbocycles. The van der Waals surface area contributed by atoms with E-state index in [1.165, 1.54) is 4.90 Å². The molecule has 1 saturated carbocycles. The van der Waals surface area contributed by atoms with Crippen molar-refractivity contribution in [2.24, 2.45) is 0 Å². The Kier molecular flexibility index (Phi) is 5.51. The quantitative estimate of drug-likeness (QED) is 0.802. The van der Waals surface area contributed by atoms with Gasteiger partial charge in [-0.15, -0.1) is 0 Å². The van der Waals surface area contributed by atoms with E-state index in [4.69, 9.17) is 11.6 Å². The van der Waals surface area contributed by atoms with Gasteiger partial charge in [-0.3, -0.25) is 14.5 Å². The smallest absolute Gasteiger partial charge is 0.327 e. The minimum Gasteiger partial charge on any atom is -0.354 e. The van der Waals surface area contributed by atoms with E-state index >= 15 is 0 Å². The highest BCUT2D eigenvalue weighted by Crippen LogP contribution is 2.39. The Morgan fingerprint density at radius 1 is 1.15 bits per heavy atom. The third-order valence-corrected chi connectivity index (χ3v) is 5.69. The second-order valence-corrected chi connectivity index (χ2v) is 7.49. The molecular weight excluding hydrogens is 354 g/mol. The summed E-state index contributed by atoms with van der Waals surface area (Å²) in [4.78, 5) is 40.2. The summed E-state index contributed by atoms with van der Waals surface area (Å²) < 4.78 is 0. The first kappa shape index (κ1) is 18.7. The molecule has 140 valence electrons. The summed E-state index contributed by atoms with van der Waals surface area (Å²) in [6.07, 6.45) is 4.98. The lowest BCUT2D eigenvalue weighted by atomic mass is 9.81. The van der Waals surface area contributed by atoms with Gasteiger partial charge in [0, 0.05) is 18.6 Å². The first-order valence-electron chi connectivity index (χ1n) is 9.05. The average molecular weight is 378 g/mol. The van der Waals surface area contributed by atoms with Gasteiger partial charge in [0.25, 0.3) is 5.91 Å². The third-order valence-electron chi connectivity index (χ3n) is 5.43. The molecule has 1 aromatic rings. The summed E-state index contributed by atoms with van der Waals surface area (Å²) in [7, 11) is 1.67. The predicted molar refractivity (Wildman–Crippen MR) is 98.9 cm³/mol. The summed E-state index contributed by atoms with van der Waals surface area (Å²) in [6.45, 7) is 0.224. The zero-order valence-corrected chi connectivity index (χ0v) is 15.7. The molecule has 2 fully saturated rings. The van der Waals surface area contributed by atoms with Crippen LogP contribution in [0.4, 0.5) is 4.79 Å². The highest BCUT2D eigenvalue weighted by Gasteiger charge is 2.55. The van der Waals surface area contributed by atoms with Gasteiger partial charge in [-0.25, -0.2) is 4.79 Å². The molecule has 0 bridgehead atoms. The van der Waals surface area contributed by atoms with E-state index < -0.39 is 5.54 Å². The normalized spacial score (nSPS) is 19.3. The predicted octanol–water partition coefficient (Wildman–Crippen LogP) is 2.60. The number of carbonyl (C=O) groups excluding carboxylic acids is 3. The fraction of sp³-hybridized carbons (Fsp3) is 0.526. The molecule has 1 spiro atoms. The number of likely N-dealkylation sites (N-methyl/N-ethyl adjacent to an activating group) is 1. The Labute approximate surface area is 158 Å². The van der Waals surface area contributed by atoms with Crippen molar-refractivity contribution >= 4 is 29.4 Å². The van der Waals surface area contributed by atoms with Gasteiger partial charge in [0.2, 0.25) is 5.91 Å². The molecule has 0 atom stereocenters. The summed E-state index contributed by atoms with van der Waals surface area (Å²) >= 11 is 5.85. The van der Waals surface area contributed by atoms with E-state index in [0.29, 0.717) is 30.8 Å². The summed E-state index contributed by atoms with van der Waals surface area (Å²) in [5.41, 5.74) is 0.322. The SMILES string of the molecule is CN1C(=O)N(CC(=O)NCCc2ccc(Cl)cc2)C(=O)C12CCCCC2. The summed E-state index contributed by atoms with van der Waals surface area (Å²) in [5, 5.41) is 3.45. The summed E-state index contributed by atoms with van der Waals surface area (Å²) in [6, 6.07) is 7.05. The topological polar surface area (TPSA) is 69.7 Å². The van der Waals surface area contributed by atoms with Crippen LogP contribution in [-0.2, 0) is 16.0 Å². The van der Waals surface area contributed by atoms with Gasteiger partial charge in [-0.2, -0.15) is 0 Å². The number of rotatable bonds is 5. The Balaban J connectivity index is 1.54. The molecule has 3 rings (SSSR count). The second kappa shape index (κ2) is 7.66. The molecule has 1 aromatic carbocycles. The van der Waals surface area contributed by atoms with E-state index in [-0.39, 0.29) is 24.4 Å². The molecule has 26 heavy (non-hydrogen) atoms. The highest BCUT2D eigenvalue weighted by atomic mass is 35.5. The first-order valence-corrected chi connectivity index (χ1v) is 9.43. The van der Waals surface area contributed by atoms with Crippen molar-refractivity contribution < 1.29 is 14.4 Å². The lowest BCUT2D eigenvalue weighted by Crippen LogP contribution is -2.49. The van der Waals surface area contributed by atoms with E-state index in [2.05, 4.69) is 5.32 Å². The molecule has 0 unspecified atom stereocenters. The molecule has 2 aliphatic rings. The number of carbonyl (C=O) groups is 3. The number of nitrogens with one attached hydrogen (secondary N) is 1. The van der Waals surface area contributed by atoms with Crippen LogP contribution >= 0.6 is 11.6 Å². The number of hydrogen-bond acceptors (Lipinski definition) is 3. The Bertz CT molecular complexity index is 698. The monoisotopic (exact) mass is 377 g/mol. The average Bonchev–Trinajstić information content (AvgIpc) is 2.80. The minimum atomic E-state index is -0.737. The van der Waals surface area contributed by atoms with Crippen molar-refractivity contribution in [1.29, 1.82) is 0 Å². The van der Waals surface area contributed by atoms with Gasteiger partial charge in [0.15, 0.2) is 0 Å². The molecule has 0 radical (unpaired) electrons. The molecule has 1 aliphatic heterocycles. The van der Waals surface area contributed by atoms with Crippen LogP contribution in [0.3, 0.4) is 0 Å². The van der Waals surface area contributed by atoms with Crippen LogP contribution < -0.4 is 5.32 Å². The standard InChI is InChI=1S/C19H24ClN3O3/c1-22-18(26)23(17(25)19(22)10-3-2-4-11-19)13-16(24)21-12-9-14-5-7-15(20)8-6-14/h5-8H,2-4,9-13H2,1H3,(H,21,24). The van der Waals surface area contributed by atoms with Gasteiger partial charge < -0.3 is 10.2 Å². The Morgan fingerprint density at radius 3 is 2.46 bits per heavy atom. The lowest BCUT2D eigenvalue weighted by Gasteiger charge is -2.35. The van der Waals surface area contributed by atoms with E-state index in [0.717, 1.165) is 29.7 Å². The van der Waals surface area contributed by atoms with E-state index in [1.54, 1.807) is 19.2 Å². The van der Waals surface area contributed by atoms with Crippen molar-refractivity contribution in [1.82, 2.24) is 15.1 Å². The fourth-order valence-corrected chi connectivity index (χ4v) is 3.99. The van der Waals surface area contributed by atoms with Crippen LogP contribution in [0, 0.1) is 0 Å². The maximum absolute atomic E-state index is 12.8. The number of halogens is 1. The number of benzene rings is 1. The Morgan fingerprint density at radius 2 is 1.81 bits per heavy atom. The second-order valence-electron chi connectivity index (χ2n) is 7.05. The third kappa shape index (κ3) is 3.56. The number of nitrogens with zero attached hydrogens (tertiary/aromatic N) is 2. The van der Waals surface area contributed by atoms with Crippen molar-refractivity contribution in [2.45, 2.75) is 44.1 Å².